The molecule has 0 spiro atoms. The Kier molecular flexibility index (Phi) is 7.07. The summed E-state index contributed by atoms with van der Waals surface area (Å²) in [6, 6.07) is 11.2. The summed E-state index contributed by atoms with van der Waals surface area (Å²) in [5.74, 6) is 1.69. The van der Waals surface area contributed by atoms with Gasteiger partial charge in [-0.1, -0.05) is 24.6 Å². The third-order valence-corrected chi connectivity index (χ3v) is 5.67. The van der Waals surface area contributed by atoms with Crippen molar-refractivity contribution in [2.75, 3.05) is 40.5 Å². The topological polar surface area (TPSA) is 76.7 Å². The summed E-state index contributed by atoms with van der Waals surface area (Å²) in [5, 5.41) is 0. The zero-order chi connectivity index (χ0) is 22.3. The molecule has 3 aromatic rings. The Labute approximate surface area is 188 Å². The summed E-state index contributed by atoms with van der Waals surface area (Å²) in [5.41, 5.74) is 2.78. The van der Waals surface area contributed by atoms with Crippen LogP contribution in [0.25, 0.3) is 23.2 Å². The number of imidazole rings is 1. The fourth-order valence-corrected chi connectivity index (χ4v) is 3.96. The number of aromatic amines is 1. The number of hydrogen-bond donors (Lipinski definition) is 1. The van der Waals surface area contributed by atoms with Crippen molar-refractivity contribution in [3.8, 4) is 11.5 Å². The van der Waals surface area contributed by atoms with E-state index < -0.39 is 5.97 Å². The van der Waals surface area contributed by atoms with Crippen molar-refractivity contribution >= 4 is 29.2 Å². The number of H-pyrrole nitrogens is 1. The van der Waals surface area contributed by atoms with Crippen LogP contribution >= 0.6 is 0 Å². The first-order valence-electron chi connectivity index (χ1n) is 11.0. The number of piperidine rings is 1. The smallest absolute Gasteiger partial charge is 0.340 e. The van der Waals surface area contributed by atoms with Gasteiger partial charge in [0.05, 0.1) is 25.3 Å². The second kappa shape index (κ2) is 10.3. The van der Waals surface area contributed by atoms with Crippen molar-refractivity contribution in [1.82, 2.24) is 14.9 Å². The van der Waals surface area contributed by atoms with Gasteiger partial charge in [0.25, 0.3) is 0 Å². The lowest BCUT2D eigenvalue weighted by Crippen LogP contribution is -2.33. The Morgan fingerprint density at radius 3 is 2.72 bits per heavy atom. The molecule has 0 radical (unpaired) electrons. The van der Waals surface area contributed by atoms with E-state index in [-0.39, 0.29) is 0 Å². The lowest BCUT2D eigenvalue weighted by atomic mass is 10.1. The number of hydrogen-bond acceptors (Lipinski definition) is 6. The highest BCUT2D eigenvalue weighted by Crippen LogP contribution is 2.29. The number of rotatable bonds is 8. The van der Waals surface area contributed by atoms with E-state index in [2.05, 4.69) is 14.9 Å². The van der Waals surface area contributed by atoms with Crippen LogP contribution in [0.3, 0.4) is 0 Å². The summed E-state index contributed by atoms with van der Waals surface area (Å²) >= 11 is 0. The van der Waals surface area contributed by atoms with E-state index in [1.165, 1.54) is 26.4 Å². The third kappa shape index (κ3) is 5.11. The van der Waals surface area contributed by atoms with Crippen LogP contribution in [0.15, 0.2) is 36.4 Å². The van der Waals surface area contributed by atoms with Gasteiger partial charge in [-0.2, -0.15) is 0 Å². The van der Waals surface area contributed by atoms with Crippen molar-refractivity contribution in [3.63, 3.8) is 0 Å². The highest BCUT2D eigenvalue weighted by atomic mass is 16.5. The monoisotopic (exact) mass is 435 g/mol. The molecule has 32 heavy (non-hydrogen) atoms. The van der Waals surface area contributed by atoms with Crippen LogP contribution in [0.1, 0.15) is 41.0 Å². The van der Waals surface area contributed by atoms with Crippen LogP contribution in [0.5, 0.6) is 11.5 Å². The number of nitrogens with one attached hydrogen (secondary N) is 1. The summed E-state index contributed by atoms with van der Waals surface area (Å²) in [6.45, 7) is 3.85. The number of methoxy groups -OCH3 is 2. The molecule has 0 unspecified atom stereocenters. The standard InChI is InChI=1S/C25H29N3O4/c1-30-21-11-9-18(17-22(21)32-16-15-28-13-4-3-5-14-28)10-12-23-26-20-8-6-7-19(24(20)27-23)25(29)31-2/h6-12,17H,3-5,13-16H2,1-2H3,(H,26,27)/b12-10+. The third-order valence-electron chi connectivity index (χ3n) is 5.67. The largest absolute Gasteiger partial charge is 0.493 e. The first-order chi connectivity index (χ1) is 15.7. The summed E-state index contributed by atoms with van der Waals surface area (Å²) < 4.78 is 16.4. The molecule has 4 rings (SSSR count). The number of esters is 1. The minimum Gasteiger partial charge on any atom is -0.493 e. The number of benzene rings is 2. The van der Waals surface area contributed by atoms with E-state index >= 15 is 0 Å². The predicted octanol–water partition coefficient (Wildman–Crippen LogP) is 4.39. The molecule has 1 saturated heterocycles. The maximum Gasteiger partial charge on any atom is 0.340 e. The Balaban J connectivity index is 1.47. The first-order valence-corrected chi connectivity index (χ1v) is 11.0. The van der Waals surface area contributed by atoms with Gasteiger partial charge >= 0.3 is 5.97 Å². The average molecular weight is 436 g/mol. The maximum absolute atomic E-state index is 12.0. The molecular formula is C25H29N3O4. The minimum atomic E-state index is -0.404. The molecular weight excluding hydrogens is 406 g/mol. The molecule has 0 atom stereocenters. The van der Waals surface area contributed by atoms with Crippen LogP contribution in [0.2, 0.25) is 0 Å². The number of nitrogens with zero attached hydrogens (tertiary/aromatic N) is 2. The molecule has 2 heterocycles. The number of aromatic nitrogens is 2. The van der Waals surface area contributed by atoms with Crippen molar-refractivity contribution in [1.29, 1.82) is 0 Å². The van der Waals surface area contributed by atoms with Crippen LogP contribution in [-0.2, 0) is 4.74 Å². The van der Waals surface area contributed by atoms with E-state index in [0.29, 0.717) is 29.3 Å². The van der Waals surface area contributed by atoms with Gasteiger partial charge in [-0.15, -0.1) is 0 Å². The lowest BCUT2D eigenvalue weighted by Gasteiger charge is -2.26. The quantitative estimate of drug-likeness (QED) is 0.529. The molecule has 0 saturated carbocycles. The highest BCUT2D eigenvalue weighted by molar-refractivity contribution is 6.02. The summed E-state index contributed by atoms with van der Waals surface area (Å²) in [6.07, 6.45) is 7.70. The van der Waals surface area contributed by atoms with Gasteiger partial charge in [-0.25, -0.2) is 9.78 Å². The number of fused-ring (bicyclic) bond motifs is 1. The second-order valence-corrected chi connectivity index (χ2v) is 7.81. The maximum atomic E-state index is 12.0. The number of carbonyl (C=O) groups excluding carboxylic acids is 1. The molecule has 1 aromatic heterocycles. The molecule has 2 aromatic carbocycles. The van der Waals surface area contributed by atoms with Crippen molar-refractivity contribution in [2.24, 2.45) is 0 Å². The molecule has 1 aliphatic rings. The molecule has 7 nitrogen and oxygen atoms in total. The van der Waals surface area contributed by atoms with Crippen LogP contribution < -0.4 is 9.47 Å². The molecule has 1 fully saturated rings. The van der Waals surface area contributed by atoms with Crippen LogP contribution in [0.4, 0.5) is 0 Å². The molecule has 0 amide bonds. The molecule has 0 aliphatic carbocycles. The van der Waals surface area contributed by atoms with Gasteiger partial charge in [0, 0.05) is 6.54 Å². The van der Waals surface area contributed by atoms with E-state index in [4.69, 9.17) is 14.2 Å². The van der Waals surface area contributed by atoms with Crippen molar-refractivity contribution < 1.29 is 19.0 Å². The molecule has 7 heteroatoms. The normalized spacial score (nSPS) is 14.7. The summed E-state index contributed by atoms with van der Waals surface area (Å²) in [4.78, 5) is 22.2. The summed E-state index contributed by atoms with van der Waals surface area (Å²) in [7, 11) is 3.01. The van der Waals surface area contributed by atoms with Gasteiger partial charge in [-0.05, 0) is 61.8 Å². The number of ether oxygens (including phenoxy) is 3. The Morgan fingerprint density at radius 2 is 1.94 bits per heavy atom. The van der Waals surface area contributed by atoms with E-state index in [9.17, 15) is 4.79 Å². The SMILES string of the molecule is COC(=O)c1cccc2[nH]c(/C=C/c3ccc(OC)c(OCCN4CCCCC4)c3)nc12. The zero-order valence-corrected chi connectivity index (χ0v) is 18.6. The fourth-order valence-electron chi connectivity index (χ4n) is 3.96. The highest BCUT2D eigenvalue weighted by Gasteiger charge is 2.13. The second-order valence-electron chi connectivity index (χ2n) is 7.81. The molecule has 168 valence electrons. The van der Waals surface area contributed by atoms with Gasteiger partial charge in [-0.3, -0.25) is 4.90 Å². The van der Waals surface area contributed by atoms with Gasteiger partial charge in [0.1, 0.15) is 17.9 Å². The average Bonchev–Trinajstić information content (AvgIpc) is 3.26. The van der Waals surface area contributed by atoms with Crippen LogP contribution in [0, 0.1) is 0 Å². The predicted molar refractivity (Wildman–Crippen MR) is 125 cm³/mol. The van der Waals surface area contributed by atoms with E-state index in [1.807, 2.05) is 36.4 Å². The Hall–Kier alpha value is -3.32. The van der Waals surface area contributed by atoms with Crippen molar-refractivity contribution in [2.45, 2.75) is 19.3 Å². The zero-order valence-electron chi connectivity index (χ0n) is 18.6. The van der Waals surface area contributed by atoms with Gasteiger partial charge < -0.3 is 19.2 Å². The lowest BCUT2D eigenvalue weighted by molar-refractivity contribution is 0.0603. The number of para-hydroxylation sites is 1. The Morgan fingerprint density at radius 1 is 1.09 bits per heavy atom. The Bertz CT molecular complexity index is 1100. The van der Waals surface area contributed by atoms with E-state index in [0.717, 1.165) is 36.5 Å². The van der Waals surface area contributed by atoms with Gasteiger partial charge in [0.15, 0.2) is 11.5 Å². The van der Waals surface area contributed by atoms with Crippen LogP contribution in [-0.4, -0.2) is 61.3 Å². The van der Waals surface area contributed by atoms with Gasteiger partial charge in [0.2, 0.25) is 0 Å². The molecule has 1 N–H and O–H groups in total. The fraction of sp³-hybridized carbons (Fsp3) is 0.360. The van der Waals surface area contributed by atoms with Crippen molar-refractivity contribution in [3.05, 3.63) is 53.3 Å². The van der Waals surface area contributed by atoms with E-state index in [1.54, 1.807) is 19.2 Å². The number of likely N-dealkylation sites (tertiary alicyclic amines) is 1. The molecule has 0 bridgehead atoms. The number of carbonyl (C=O) groups is 1. The minimum absolute atomic E-state index is 0.404. The first kappa shape index (κ1) is 21.9. The molecule has 1 aliphatic heterocycles.